The number of aliphatic hydroxyl groups excluding tert-OH is 4. The summed E-state index contributed by atoms with van der Waals surface area (Å²) in [5, 5.41) is 68.8. The van der Waals surface area contributed by atoms with Crippen LogP contribution in [-0.4, -0.2) is 209 Å². The Balaban J connectivity index is 0.935. The molecular weight excluding hydrogens is 1260 g/mol. The van der Waals surface area contributed by atoms with Gasteiger partial charge in [0.15, 0.2) is 49.3 Å². The number of Topliss-reactive ketones (excluding diaryl/α,β-unsaturated/α-hetero) is 1. The molecule has 0 amide bonds. The number of quaternary nitrogens is 1. The molecule has 7 fully saturated rings. The fourth-order valence-corrected chi connectivity index (χ4v) is 16.8. The predicted octanol–water partition coefficient (Wildman–Crippen LogP) is 3.15. The number of ether oxygens (including phenoxy) is 14. The number of carbonyl (C=O) groups excluding carboxylic acids is 6. The van der Waals surface area contributed by atoms with Gasteiger partial charge in [0.25, 0.3) is 0 Å². The van der Waals surface area contributed by atoms with Crippen molar-refractivity contribution >= 4 is 35.9 Å². The molecule has 0 aromatic heterocycles. The average molecular weight is 1360 g/mol. The Morgan fingerprint density at radius 1 is 0.750 bits per heavy atom. The first-order valence-electron chi connectivity index (χ1n) is 33.7. The van der Waals surface area contributed by atoms with Crippen LogP contribution in [0, 0.1) is 46.1 Å². The Morgan fingerprint density at radius 2 is 1.42 bits per heavy atom. The number of fused-ring (bicyclic) bond motifs is 4. The molecule has 1 saturated carbocycles. The number of rotatable bonds is 16. The minimum Gasteiger partial charge on any atom is -0.600 e. The minimum absolute atomic E-state index is 0.0269. The Kier molecular flexibility index (Phi) is 22.8. The van der Waals surface area contributed by atoms with Gasteiger partial charge in [-0.25, -0.2) is 20.0 Å². The minimum atomic E-state index is -2.25. The largest absolute Gasteiger partial charge is 0.600 e. The van der Waals surface area contributed by atoms with Crippen molar-refractivity contribution in [2.24, 2.45) is 46.7 Å². The van der Waals surface area contributed by atoms with Crippen molar-refractivity contribution in [3.8, 4) is 0 Å². The number of ketones is 1. The van der Waals surface area contributed by atoms with Gasteiger partial charge in [0.05, 0.1) is 74.4 Å². The molecule has 6 aliphatic heterocycles. The molecular formula is C68H98N2O26. The van der Waals surface area contributed by atoms with Gasteiger partial charge in [-0.1, -0.05) is 50.6 Å². The summed E-state index contributed by atoms with van der Waals surface area (Å²) in [5.74, 6) is -8.74. The van der Waals surface area contributed by atoms with Crippen molar-refractivity contribution in [2.45, 2.75) is 274 Å². The van der Waals surface area contributed by atoms with Gasteiger partial charge in [-0.15, -0.1) is 0 Å². The van der Waals surface area contributed by atoms with Gasteiger partial charge in [0, 0.05) is 63.2 Å². The molecule has 28 heteroatoms. The van der Waals surface area contributed by atoms with Crippen LogP contribution in [0.1, 0.15) is 140 Å². The number of carbonyl (C=O) groups is 6. The summed E-state index contributed by atoms with van der Waals surface area (Å²) in [7, 11) is 1.11. The summed E-state index contributed by atoms with van der Waals surface area (Å²) in [6.07, 6.45) is -6.65. The van der Waals surface area contributed by atoms with E-state index < -0.39 is 216 Å². The summed E-state index contributed by atoms with van der Waals surface area (Å²) >= 11 is 0. The normalized spacial score (nSPS) is 45.5. The zero-order valence-corrected chi connectivity index (χ0v) is 56.6. The Hall–Kier alpha value is -4.96. The first kappa shape index (κ1) is 73.7. The number of hydrogen-bond donors (Lipinski definition) is 7. The number of allylic oxidation sites excluding steroid dienone is 3. The lowest BCUT2D eigenvalue weighted by Crippen LogP contribution is -3.17. The molecule has 0 radical (unpaired) electrons. The third-order valence-corrected chi connectivity index (χ3v) is 21.9. The molecule has 6 heterocycles. The maximum Gasteiger partial charge on any atom is 0.346 e. The standard InChI is InChI=1S/C68H98N2O26/c1-30-13-17-46(89-54-27-66(10,70(81)82)61(69)60(95-54)65(80)83-12)31(2)22-42-44(75)23-39(28-71)26-68(42)63(78)55(64(79)96-68)62(77)67(11)41(30)15-14-40-56(67)32(3)21-33(4)57(40)94-53-25-48(59(88-38(9)73)49(92-53)29-84-37(8)72)91-50-20-18-47(35(6)86-50)90-52-24-45(76)58(36(7)87-52)93-51-19-16-43(74)34(5)85-51/h13-15,22-23,28,32-36,40-54,56-61,70,74-77,81H,16-21,24-27,29,69H2,1-12H3. The molecule has 10 rings (SSSR count). The van der Waals surface area contributed by atoms with Crippen molar-refractivity contribution < 1.29 is 126 Å². The number of hydroxylamine groups is 2. The molecule has 8 N–H and O–H groups in total. The van der Waals surface area contributed by atoms with Crippen molar-refractivity contribution in [1.29, 1.82) is 0 Å². The van der Waals surface area contributed by atoms with Crippen LogP contribution in [0.3, 0.4) is 0 Å². The fourth-order valence-electron chi connectivity index (χ4n) is 16.8. The Labute approximate surface area is 558 Å². The van der Waals surface area contributed by atoms with E-state index in [-0.39, 0.29) is 49.7 Å². The third-order valence-electron chi connectivity index (χ3n) is 21.9. The first-order chi connectivity index (χ1) is 45.3. The van der Waals surface area contributed by atoms with E-state index in [9.17, 15) is 54.8 Å². The van der Waals surface area contributed by atoms with Crippen LogP contribution in [0.4, 0.5) is 0 Å². The maximum atomic E-state index is 15.6. The van der Waals surface area contributed by atoms with Crippen LogP contribution < -0.4 is 11.0 Å². The molecule has 6 saturated heterocycles. The Bertz CT molecular complexity index is 3030. The van der Waals surface area contributed by atoms with E-state index in [1.54, 1.807) is 27.7 Å². The molecule has 28 nitrogen and oxygen atoms in total. The van der Waals surface area contributed by atoms with E-state index in [1.807, 2.05) is 45.9 Å². The first-order valence-corrected chi connectivity index (χ1v) is 33.7. The highest BCUT2D eigenvalue weighted by atomic mass is 16.8. The van der Waals surface area contributed by atoms with Crippen molar-refractivity contribution in [3.63, 3.8) is 0 Å². The molecule has 4 aliphatic carbocycles. The smallest absolute Gasteiger partial charge is 0.346 e. The van der Waals surface area contributed by atoms with E-state index in [1.165, 1.54) is 32.9 Å². The number of nitrogens with two attached hydrogens (primary N) is 1. The van der Waals surface area contributed by atoms with Crippen LogP contribution in [0.25, 0.3) is 0 Å². The second-order valence-corrected chi connectivity index (χ2v) is 28.6. The van der Waals surface area contributed by atoms with Crippen molar-refractivity contribution in [1.82, 2.24) is 0 Å². The highest BCUT2D eigenvalue weighted by Crippen LogP contribution is 2.61. The summed E-state index contributed by atoms with van der Waals surface area (Å²) in [6, 6.07) is -1.34. The lowest BCUT2D eigenvalue weighted by Gasteiger charge is -2.57. The predicted molar refractivity (Wildman–Crippen MR) is 330 cm³/mol. The van der Waals surface area contributed by atoms with Crippen LogP contribution in [-0.2, 0) is 95.1 Å². The van der Waals surface area contributed by atoms with Crippen LogP contribution in [0.2, 0.25) is 0 Å². The number of methoxy groups -OCH3 is 1. The van der Waals surface area contributed by atoms with Gasteiger partial charge >= 0.3 is 23.9 Å². The van der Waals surface area contributed by atoms with Crippen LogP contribution in [0.15, 0.2) is 58.4 Å². The lowest BCUT2D eigenvalue weighted by molar-refractivity contribution is -1.09. The highest BCUT2D eigenvalue weighted by Gasteiger charge is 2.65. The second-order valence-electron chi connectivity index (χ2n) is 28.6. The molecule has 96 heavy (non-hydrogen) atoms. The molecule has 0 aromatic carbocycles. The molecule has 0 aromatic rings. The zero-order valence-electron chi connectivity index (χ0n) is 56.6. The number of aldehydes is 1. The molecule has 30 atom stereocenters. The zero-order chi connectivity index (χ0) is 69.8. The molecule has 1 spiro atoms. The van der Waals surface area contributed by atoms with Crippen LogP contribution >= 0.6 is 0 Å². The summed E-state index contributed by atoms with van der Waals surface area (Å²) in [5.41, 5.74) is 1.22. The Morgan fingerprint density at radius 3 is 2.07 bits per heavy atom. The summed E-state index contributed by atoms with van der Waals surface area (Å²) in [6.45, 7) is 18.2. The topological polar surface area (TPSA) is 386 Å². The summed E-state index contributed by atoms with van der Waals surface area (Å²) in [4.78, 5) is 81.5. The quantitative estimate of drug-likeness (QED) is 0.0291. The number of aliphatic hydroxyl groups is 4. The highest BCUT2D eigenvalue weighted by molar-refractivity contribution is 6.26. The molecule has 10 aliphatic rings. The molecule has 536 valence electrons. The number of hydrogen-bond acceptors (Lipinski definition) is 27. The van der Waals surface area contributed by atoms with E-state index in [2.05, 4.69) is 0 Å². The van der Waals surface area contributed by atoms with E-state index in [0.29, 0.717) is 49.5 Å². The average Bonchev–Trinajstić information content (AvgIpc) is 1.14. The van der Waals surface area contributed by atoms with Crippen molar-refractivity contribution in [3.05, 3.63) is 63.6 Å². The number of esters is 4. The van der Waals surface area contributed by atoms with E-state index in [0.717, 1.165) is 7.11 Å². The number of nitrogens with one attached hydrogen (secondary N) is 1. The maximum absolute atomic E-state index is 15.6. The van der Waals surface area contributed by atoms with Crippen LogP contribution in [0.5, 0.6) is 0 Å². The SMILES string of the molecule is COC(=O)C1OC(OC2CC=C(C)C3C=CC4C(OC5CC(OC6CCC(OC7CC(O)C(OC8CCC(O)C(C)O8)C(C)O7)C(C)O6)C(OC(C)=O)C(COC(C)=O)O5)C(C)CC(C)C4C3(C)C(O)=C3C(=O)OC4(CC(C=O)=CC(O)C4C=C2C)C3=O)CC(C)([NH+]([O-])O)C1N. The van der Waals surface area contributed by atoms with Gasteiger partial charge in [0.2, 0.25) is 5.78 Å². The van der Waals surface area contributed by atoms with Crippen molar-refractivity contribution in [2.75, 3.05) is 13.7 Å². The van der Waals surface area contributed by atoms with Gasteiger partial charge < -0.3 is 97.7 Å². The van der Waals surface area contributed by atoms with Gasteiger partial charge in [-0.3, -0.25) is 19.2 Å². The monoisotopic (exact) mass is 1360 g/mol. The van der Waals surface area contributed by atoms with Gasteiger partial charge in [-0.05, 0) is 102 Å². The van der Waals surface area contributed by atoms with Gasteiger partial charge in [-0.2, -0.15) is 0 Å². The third kappa shape index (κ3) is 14.7. The van der Waals surface area contributed by atoms with E-state index >= 15 is 4.79 Å². The lowest BCUT2D eigenvalue weighted by atomic mass is 9.49. The molecule has 30 unspecified atom stereocenters. The fraction of sp³-hybridized carbons (Fsp3) is 0.765. The molecule has 2 bridgehead atoms. The second kappa shape index (κ2) is 29.7. The van der Waals surface area contributed by atoms with Gasteiger partial charge in [0.1, 0.15) is 54.1 Å². The summed E-state index contributed by atoms with van der Waals surface area (Å²) < 4.78 is 87.1. The van der Waals surface area contributed by atoms with E-state index in [4.69, 9.17) is 72.0 Å².